The number of nitrogens with one attached hydrogen (secondary N) is 1. The summed E-state index contributed by atoms with van der Waals surface area (Å²) in [5.41, 5.74) is 4.52. The molecule has 7 heteroatoms. The van der Waals surface area contributed by atoms with Gasteiger partial charge in [-0.2, -0.15) is 0 Å². The van der Waals surface area contributed by atoms with E-state index in [1.807, 2.05) is 12.1 Å². The molecule has 1 aromatic carbocycles. The summed E-state index contributed by atoms with van der Waals surface area (Å²) in [6.07, 6.45) is 0.801. The number of para-hydroxylation sites is 1. The molecule has 112 valence electrons. The number of rotatable bonds is 6. The fourth-order valence-electron chi connectivity index (χ4n) is 2.28. The van der Waals surface area contributed by atoms with Crippen LogP contribution in [0.4, 0.5) is 0 Å². The van der Waals surface area contributed by atoms with E-state index in [1.54, 1.807) is 18.3 Å². The normalized spacial score (nSPS) is 15.5. The topological polar surface area (TPSA) is 137 Å². The van der Waals surface area contributed by atoms with Crippen molar-refractivity contribution in [2.45, 2.75) is 24.5 Å². The number of carboxylic acid groups (broad SMARTS) is 2. The fraction of sp³-hybridized carbons (Fsp3) is 0.286. The van der Waals surface area contributed by atoms with E-state index in [2.05, 4.69) is 4.98 Å². The number of aliphatic carboxylic acids is 2. The van der Waals surface area contributed by atoms with Gasteiger partial charge in [0.2, 0.25) is 0 Å². The van der Waals surface area contributed by atoms with Crippen molar-refractivity contribution in [2.75, 3.05) is 0 Å². The highest BCUT2D eigenvalue weighted by Crippen LogP contribution is 2.25. The number of H-pyrrole nitrogens is 1. The Kier molecular flexibility index (Phi) is 3.97. The average Bonchev–Trinajstić information content (AvgIpc) is 2.81. The largest absolute Gasteiger partial charge is 0.480 e. The summed E-state index contributed by atoms with van der Waals surface area (Å²) in [5.74, 6) is -2.85. The van der Waals surface area contributed by atoms with Crippen molar-refractivity contribution in [1.29, 1.82) is 0 Å². The molecular formula is C14H16N2O5. The molecule has 0 radical (unpaired) electrons. The average molecular weight is 292 g/mol. The highest BCUT2D eigenvalue weighted by atomic mass is 16.4. The molecule has 1 aromatic heterocycles. The number of aromatic amines is 1. The molecule has 0 saturated heterocycles. The van der Waals surface area contributed by atoms with Crippen LogP contribution in [0.2, 0.25) is 0 Å². The molecule has 2 rings (SSSR count). The third-order valence-corrected chi connectivity index (χ3v) is 3.43. The molecule has 1 unspecified atom stereocenters. The number of hydrogen-bond acceptors (Lipinski definition) is 4. The SMILES string of the molecule is N[C@@H](CC(O)(Cc1c[nH]c2ccccc12)C(=O)O)C(=O)O. The van der Waals surface area contributed by atoms with Crippen molar-refractivity contribution in [3.8, 4) is 0 Å². The molecule has 0 fully saturated rings. The van der Waals surface area contributed by atoms with E-state index >= 15 is 0 Å². The van der Waals surface area contributed by atoms with Crippen LogP contribution in [0, 0.1) is 0 Å². The molecule has 2 aromatic rings. The second kappa shape index (κ2) is 5.55. The van der Waals surface area contributed by atoms with Crippen molar-refractivity contribution in [3.63, 3.8) is 0 Å². The van der Waals surface area contributed by atoms with E-state index in [-0.39, 0.29) is 6.42 Å². The number of hydrogen-bond donors (Lipinski definition) is 5. The first kappa shape index (κ1) is 15.0. The first-order chi connectivity index (χ1) is 9.83. The van der Waals surface area contributed by atoms with E-state index < -0.39 is 30.0 Å². The molecule has 6 N–H and O–H groups in total. The Morgan fingerprint density at radius 3 is 2.57 bits per heavy atom. The summed E-state index contributed by atoms with van der Waals surface area (Å²) in [7, 11) is 0. The Labute approximate surface area is 120 Å². The molecule has 0 spiro atoms. The lowest BCUT2D eigenvalue weighted by Gasteiger charge is -2.24. The van der Waals surface area contributed by atoms with Gasteiger partial charge in [-0.25, -0.2) is 4.79 Å². The van der Waals surface area contributed by atoms with Gasteiger partial charge in [0.25, 0.3) is 0 Å². The second-order valence-corrected chi connectivity index (χ2v) is 5.02. The molecule has 0 amide bonds. The minimum atomic E-state index is -2.23. The maximum atomic E-state index is 11.3. The van der Waals surface area contributed by atoms with Gasteiger partial charge in [-0.3, -0.25) is 4.79 Å². The van der Waals surface area contributed by atoms with Gasteiger partial charge in [0.05, 0.1) is 0 Å². The minimum absolute atomic E-state index is 0.229. The molecular weight excluding hydrogens is 276 g/mol. The molecule has 21 heavy (non-hydrogen) atoms. The van der Waals surface area contributed by atoms with E-state index in [0.29, 0.717) is 5.56 Å². The zero-order chi connectivity index (χ0) is 15.6. The van der Waals surface area contributed by atoms with Crippen LogP contribution in [-0.2, 0) is 16.0 Å². The lowest BCUT2D eigenvalue weighted by Crippen LogP contribution is -2.48. The lowest BCUT2D eigenvalue weighted by atomic mass is 9.88. The summed E-state index contributed by atoms with van der Waals surface area (Å²) in [6.45, 7) is 0. The van der Waals surface area contributed by atoms with Gasteiger partial charge in [0.15, 0.2) is 5.60 Å². The van der Waals surface area contributed by atoms with Gasteiger partial charge in [0.1, 0.15) is 6.04 Å². The Morgan fingerprint density at radius 1 is 1.29 bits per heavy atom. The minimum Gasteiger partial charge on any atom is -0.480 e. The van der Waals surface area contributed by atoms with Crippen molar-refractivity contribution in [1.82, 2.24) is 4.98 Å². The van der Waals surface area contributed by atoms with E-state index in [4.69, 9.17) is 10.8 Å². The van der Waals surface area contributed by atoms with E-state index in [9.17, 15) is 19.8 Å². The number of fused-ring (bicyclic) bond motifs is 1. The molecule has 2 atom stereocenters. The molecule has 0 aliphatic heterocycles. The molecule has 1 heterocycles. The van der Waals surface area contributed by atoms with Crippen LogP contribution in [0.3, 0.4) is 0 Å². The summed E-state index contributed by atoms with van der Waals surface area (Å²) in [4.78, 5) is 25.1. The molecule has 7 nitrogen and oxygen atoms in total. The maximum Gasteiger partial charge on any atom is 0.336 e. The first-order valence-corrected chi connectivity index (χ1v) is 6.32. The quantitative estimate of drug-likeness (QED) is 0.520. The van der Waals surface area contributed by atoms with Gasteiger partial charge in [0, 0.05) is 29.9 Å². The molecule has 0 bridgehead atoms. The van der Waals surface area contributed by atoms with Gasteiger partial charge in [-0.05, 0) is 11.6 Å². The van der Waals surface area contributed by atoms with Crippen LogP contribution in [0.1, 0.15) is 12.0 Å². The van der Waals surface area contributed by atoms with Crippen LogP contribution < -0.4 is 5.73 Å². The number of aliphatic hydroxyl groups is 1. The smallest absolute Gasteiger partial charge is 0.336 e. The zero-order valence-electron chi connectivity index (χ0n) is 11.1. The number of carbonyl (C=O) groups is 2. The third kappa shape index (κ3) is 3.04. The Balaban J connectivity index is 2.31. The molecule has 0 saturated carbocycles. The van der Waals surface area contributed by atoms with Gasteiger partial charge < -0.3 is 26.0 Å². The maximum absolute atomic E-state index is 11.3. The van der Waals surface area contributed by atoms with Crippen LogP contribution in [0.5, 0.6) is 0 Å². The van der Waals surface area contributed by atoms with Crippen LogP contribution in [0.25, 0.3) is 10.9 Å². The standard InChI is InChI=1S/C14H16N2O5/c15-10(12(17)18)6-14(21,13(19)20)5-8-7-16-11-4-2-1-3-9(8)11/h1-4,7,10,16,21H,5-6,15H2,(H,17,18)(H,19,20)/t10-,14?/m0/s1. The number of benzene rings is 1. The Hall–Kier alpha value is -2.38. The first-order valence-electron chi connectivity index (χ1n) is 6.32. The van der Waals surface area contributed by atoms with Gasteiger partial charge in [-0.1, -0.05) is 18.2 Å². The number of nitrogens with two attached hydrogens (primary N) is 1. The van der Waals surface area contributed by atoms with Crippen molar-refractivity contribution in [2.24, 2.45) is 5.73 Å². The van der Waals surface area contributed by atoms with Gasteiger partial charge in [-0.15, -0.1) is 0 Å². The summed E-state index contributed by atoms with van der Waals surface area (Å²) in [6, 6.07) is 5.79. The summed E-state index contributed by atoms with van der Waals surface area (Å²) >= 11 is 0. The predicted molar refractivity (Wildman–Crippen MR) is 74.8 cm³/mol. The van der Waals surface area contributed by atoms with Crippen LogP contribution in [-0.4, -0.2) is 43.9 Å². The van der Waals surface area contributed by atoms with Gasteiger partial charge >= 0.3 is 11.9 Å². The highest BCUT2D eigenvalue weighted by Gasteiger charge is 2.40. The van der Waals surface area contributed by atoms with Crippen LogP contribution >= 0.6 is 0 Å². The van der Waals surface area contributed by atoms with E-state index in [1.165, 1.54) is 0 Å². The highest BCUT2D eigenvalue weighted by molar-refractivity contribution is 5.85. The van der Waals surface area contributed by atoms with Crippen LogP contribution in [0.15, 0.2) is 30.5 Å². The Morgan fingerprint density at radius 2 is 1.95 bits per heavy atom. The molecule has 0 aliphatic rings. The zero-order valence-corrected chi connectivity index (χ0v) is 11.1. The summed E-state index contributed by atoms with van der Waals surface area (Å²) in [5, 5.41) is 29.1. The van der Waals surface area contributed by atoms with E-state index in [0.717, 1.165) is 10.9 Å². The number of carboxylic acids is 2. The number of aromatic nitrogens is 1. The monoisotopic (exact) mass is 292 g/mol. The fourth-order valence-corrected chi connectivity index (χ4v) is 2.28. The lowest BCUT2D eigenvalue weighted by molar-refractivity contribution is -0.160. The van der Waals surface area contributed by atoms with Crippen molar-refractivity contribution < 1.29 is 24.9 Å². The van der Waals surface area contributed by atoms with Crippen molar-refractivity contribution in [3.05, 3.63) is 36.0 Å². The Bertz CT molecular complexity index is 681. The second-order valence-electron chi connectivity index (χ2n) is 5.02. The predicted octanol–water partition coefficient (Wildman–Crippen LogP) is 0.328. The summed E-state index contributed by atoms with van der Waals surface area (Å²) < 4.78 is 0. The third-order valence-electron chi connectivity index (χ3n) is 3.43. The van der Waals surface area contributed by atoms with Crippen molar-refractivity contribution >= 4 is 22.8 Å². The molecule has 0 aliphatic carbocycles.